The van der Waals surface area contributed by atoms with Crippen LogP contribution < -0.4 is 0 Å². The lowest BCUT2D eigenvalue weighted by molar-refractivity contribution is -1.06. The van der Waals surface area contributed by atoms with Crippen LogP contribution >= 0.6 is 0 Å². The largest absolute Gasteiger partial charge is 0.598 e. The monoisotopic (exact) mass is 315 g/mol. The van der Waals surface area contributed by atoms with Gasteiger partial charge >= 0.3 is 0 Å². The Bertz CT molecular complexity index is 219. The first kappa shape index (κ1) is 21.9. The van der Waals surface area contributed by atoms with Crippen molar-refractivity contribution in [3.05, 3.63) is 5.21 Å². The Morgan fingerprint density at radius 1 is 0.591 bits per heavy atom. The highest BCUT2D eigenvalue weighted by Gasteiger charge is 2.08. The van der Waals surface area contributed by atoms with Gasteiger partial charge in [0.05, 0.1) is 0 Å². The number of rotatable bonds is 17. The van der Waals surface area contributed by atoms with E-state index in [4.69, 9.17) is 0 Å². The molecule has 134 valence electrons. The Morgan fingerprint density at radius 2 is 0.909 bits per heavy atom. The molecule has 0 aromatic heterocycles. The summed E-state index contributed by atoms with van der Waals surface area (Å²) in [6, 6.07) is 0. The van der Waals surface area contributed by atoms with E-state index in [1.807, 2.05) is 0 Å². The van der Waals surface area contributed by atoms with Gasteiger partial charge in [-0.15, -0.1) is 0 Å². The molecule has 0 spiro atoms. The molecule has 0 saturated carbocycles. The third kappa shape index (κ3) is 16.3. The van der Waals surface area contributed by atoms with Crippen molar-refractivity contribution in [3.63, 3.8) is 0 Å². The third-order valence-corrected chi connectivity index (χ3v) is 4.61. The van der Waals surface area contributed by atoms with E-state index in [9.17, 15) is 10.4 Å². The highest BCUT2D eigenvalue weighted by atomic mass is 16.8. The summed E-state index contributed by atoms with van der Waals surface area (Å²) in [5, 5.41) is 20.6. The van der Waals surface area contributed by atoms with Gasteiger partial charge in [-0.3, -0.25) is 0 Å². The van der Waals surface area contributed by atoms with Crippen molar-refractivity contribution in [2.75, 3.05) is 13.1 Å². The molecule has 0 aliphatic heterocycles. The van der Waals surface area contributed by atoms with E-state index >= 15 is 0 Å². The number of hydrogen-bond acceptors (Lipinski definition) is 2. The molecule has 1 N–H and O–H groups in total. The van der Waals surface area contributed by atoms with Crippen LogP contribution in [0.5, 0.6) is 0 Å². The van der Waals surface area contributed by atoms with Gasteiger partial charge in [0.2, 0.25) is 0 Å². The van der Waals surface area contributed by atoms with Crippen LogP contribution in [0.4, 0.5) is 0 Å². The average molecular weight is 316 g/mol. The van der Waals surface area contributed by atoms with Gasteiger partial charge in [-0.2, -0.15) is 0 Å². The maximum Gasteiger partial charge on any atom is 0.108 e. The number of hydroxylamine groups is 4. The summed E-state index contributed by atoms with van der Waals surface area (Å²) in [6.07, 6.45) is 19.8. The van der Waals surface area contributed by atoms with E-state index in [0.717, 1.165) is 12.8 Å². The van der Waals surface area contributed by atoms with Crippen LogP contribution in [-0.4, -0.2) is 23.1 Å². The Kier molecular flexibility index (Phi) is 15.7. The van der Waals surface area contributed by atoms with E-state index in [1.165, 1.54) is 83.5 Å². The smallest absolute Gasteiger partial charge is 0.108 e. The van der Waals surface area contributed by atoms with Crippen molar-refractivity contribution in [3.8, 4) is 0 Å². The van der Waals surface area contributed by atoms with Gasteiger partial charge in [-0.05, 0) is 19.8 Å². The normalized spacial score (nSPS) is 14.2. The topological polar surface area (TPSA) is 43.3 Å². The predicted molar refractivity (Wildman–Crippen MR) is 95.8 cm³/mol. The quantitative estimate of drug-likeness (QED) is 0.187. The second-order valence-electron chi connectivity index (χ2n) is 6.84. The maximum atomic E-state index is 11.3. The van der Waals surface area contributed by atoms with E-state index < -0.39 is 4.81 Å². The number of nitrogens with zero attached hydrogens (tertiary/aromatic N) is 1. The zero-order valence-electron chi connectivity index (χ0n) is 15.3. The minimum atomic E-state index is -1.06. The molecule has 0 amide bonds. The summed E-state index contributed by atoms with van der Waals surface area (Å²) < 4.78 is 0. The van der Waals surface area contributed by atoms with Crippen LogP contribution in [0.25, 0.3) is 0 Å². The van der Waals surface area contributed by atoms with Crippen molar-refractivity contribution in [2.45, 2.75) is 110 Å². The minimum Gasteiger partial charge on any atom is -0.598 e. The number of quaternary nitrogens is 1. The lowest BCUT2D eigenvalue weighted by atomic mass is 10.0. The summed E-state index contributed by atoms with van der Waals surface area (Å²) in [7, 11) is 0. The molecule has 0 heterocycles. The Balaban J connectivity index is 3.06. The first-order chi connectivity index (χ1) is 10.6. The molecule has 22 heavy (non-hydrogen) atoms. The molecular formula is C19H41NO2. The summed E-state index contributed by atoms with van der Waals surface area (Å²) in [5.41, 5.74) is 0. The standard InChI is InChI=1S/C19H41NO2/c1-3-5-6-7-8-9-10-11-12-13-14-15-16-17-18-19-20(21,22)4-2/h21H,3-19H2,1-2H3. The molecule has 0 rings (SSSR count). The van der Waals surface area contributed by atoms with Gasteiger partial charge in [0.25, 0.3) is 0 Å². The number of unbranched alkanes of at least 4 members (excludes halogenated alkanes) is 14. The van der Waals surface area contributed by atoms with Gasteiger partial charge in [-0.25, -0.2) is 10.0 Å². The molecule has 0 saturated heterocycles. The SMILES string of the molecule is CCCCCCCCCCCCCCCCC[N+]([O-])(O)CC. The molecule has 0 radical (unpaired) electrons. The molecule has 0 aliphatic rings. The zero-order valence-corrected chi connectivity index (χ0v) is 15.3. The van der Waals surface area contributed by atoms with Crippen LogP contribution in [0.1, 0.15) is 110 Å². The fourth-order valence-corrected chi connectivity index (χ4v) is 2.89. The first-order valence-electron chi connectivity index (χ1n) is 9.93. The maximum absolute atomic E-state index is 11.3. The molecule has 3 heteroatoms. The van der Waals surface area contributed by atoms with Crippen molar-refractivity contribution >= 4 is 0 Å². The van der Waals surface area contributed by atoms with Crippen LogP contribution in [0.3, 0.4) is 0 Å². The molecule has 1 atom stereocenters. The Hall–Kier alpha value is -0.120. The van der Waals surface area contributed by atoms with Crippen molar-refractivity contribution in [1.29, 1.82) is 0 Å². The zero-order chi connectivity index (χ0) is 16.5. The van der Waals surface area contributed by atoms with Gasteiger partial charge in [0.1, 0.15) is 13.1 Å². The van der Waals surface area contributed by atoms with Crippen LogP contribution in [0.2, 0.25) is 0 Å². The van der Waals surface area contributed by atoms with E-state index in [0.29, 0.717) is 6.54 Å². The molecule has 0 bridgehead atoms. The molecule has 3 nitrogen and oxygen atoms in total. The van der Waals surface area contributed by atoms with Crippen molar-refractivity contribution in [2.24, 2.45) is 0 Å². The Labute approximate surface area is 139 Å². The molecular weight excluding hydrogens is 274 g/mol. The Morgan fingerprint density at radius 3 is 1.23 bits per heavy atom. The van der Waals surface area contributed by atoms with Crippen LogP contribution in [0.15, 0.2) is 0 Å². The van der Waals surface area contributed by atoms with Crippen molar-refractivity contribution < 1.29 is 10.0 Å². The lowest BCUT2D eigenvalue weighted by Gasteiger charge is -2.32. The average Bonchev–Trinajstić information content (AvgIpc) is 2.51. The molecule has 0 aliphatic carbocycles. The number of hydrogen-bond donors (Lipinski definition) is 1. The summed E-state index contributed by atoms with van der Waals surface area (Å²) in [4.78, 5) is -1.06. The summed E-state index contributed by atoms with van der Waals surface area (Å²) in [6.45, 7) is 4.62. The van der Waals surface area contributed by atoms with Crippen molar-refractivity contribution in [1.82, 2.24) is 0 Å². The van der Waals surface area contributed by atoms with Crippen LogP contribution in [-0.2, 0) is 0 Å². The molecule has 0 aromatic carbocycles. The fraction of sp³-hybridized carbons (Fsp3) is 1.00. The third-order valence-electron chi connectivity index (χ3n) is 4.61. The van der Waals surface area contributed by atoms with E-state index in [-0.39, 0.29) is 6.54 Å². The minimum absolute atomic E-state index is 0.263. The predicted octanol–water partition coefficient (Wildman–Crippen LogP) is 6.58. The van der Waals surface area contributed by atoms with E-state index in [2.05, 4.69) is 6.92 Å². The summed E-state index contributed by atoms with van der Waals surface area (Å²) >= 11 is 0. The summed E-state index contributed by atoms with van der Waals surface area (Å²) in [5.74, 6) is 0. The fourth-order valence-electron chi connectivity index (χ4n) is 2.89. The van der Waals surface area contributed by atoms with E-state index in [1.54, 1.807) is 6.92 Å². The van der Waals surface area contributed by atoms with Gasteiger partial charge in [0.15, 0.2) is 0 Å². The second kappa shape index (κ2) is 15.8. The van der Waals surface area contributed by atoms with Gasteiger partial charge in [0, 0.05) is 0 Å². The first-order valence-corrected chi connectivity index (χ1v) is 9.93. The van der Waals surface area contributed by atoms with Crippen LogP contribution in [0, 0.1) is 5.21 Å². The second-order valence-corrected chi connectivity index (χ2v) is 6.84. The lowest BCUT2D eigenvalue weighted by Crippen LogP contribution is -2.38. The highest BCUT2D eigenvalue weighted by molar-refractivity contribution is 4.49. The highest BCUT2D eigenvalue weighted by Crippen LogP contribution is 2.13. The molecule has 1 unspecified atom stereocenters. The molecule has 0 aromatic rings. The van der Waals surface area contributed by atoms with Gasteiger partial charge in [-0.1, -0.05) is 90.4 Å². The molecule has 0 fully saturated rings. The van der Waals surface area contributed by atoms with Gasteiger partial charge < -0.3 is 5.21 Å².